The number of benzene rings is 1. The fourth-order valence-corrected chi connectivity index (χ4v) is 7.98. The highest BCUT2D eigenvalue weighted by atomic mass is 16.3. The van der Waals surface area contributed by atoms with Gasteiger partial charge in [-0.1, -0.05) is 256 Å². The zero-order valence-corrected chi connectivity index (χ0v) is 42.7. The second kappa shape index (κ2) is 43.7. The van der Waals surface area contributed by atoms with E-state index in [1.165, 1.54) is 237 Å². The van der Waals surface area contributed by atoms with E-state index < -0.39 is 5.60 Å². The van der Waals surface area contributed by atoms with Gasteiger partial charge in [-0.3, -0.25) is 0 Å². The van der Waals surface area contributed by atoms with Crippen LogP contribution in [-0.4, -0.2) is 69.8 Å². The monoisotopic (exact) mass is 833 g/mol. The molecule has 4 heteroatoms. The summed E-state index contributed by atoms with van der Waals surface area (Å²) < 4.78 is 2.25. The first kappa shape index (κ1) is 62.4. The van der Waals surface area contributed by atoms with E-state index in [1.807, 2.05) is 18.2 Å². The SMILES string of the molecule is CCCCCCCCCCCCCCCC[N+](C)(C)C.CCCCCCCCCCCCCCCC[N+](C)(C)C.CCCCCCCCc1ccccc1C(C)(C)[O-].[OH-]. The lowest BCUT2D eigenvalue weighted by Gasteiger charge is -2.34. The van der Waals surface area contributed by atoms with E-state index in [-0.39, 0.29) is 5.48 Å². The van der Waals surface area contributed by atoms with Gasteiger partial charge in [-0.2, -0.15) is 0 Å². The van der Waals surface area contributed by atoms with Crippen molar-refractivity contribution in [3.05, 3.63) is 35.4 Å². The number of hydrogen-bond acceptors (Lipinski definition) is 2. The lowest BCUT2D eigenvalue weighted by Crippen LogP contribution is -2.35. The van der Waals surface area contributed by atoms with Gasteiger partial charge < -0.3 is 19.5 Å². The van der Waals surface area contributed by atoms with Gasteiger partial charge in [0.05, 0.1) is 55.4 Å². The summed E-state index contributed by atoms with van der Waals surface area (Å²) in [5, 5.41) is 12.1. The molecule has 0 amide bonds. The number of unbranched alkanes of at least 4 members (excludes halogenated alkanes) is 31. The minimum atomic E-state index is -0.973. The molecule has 0 fully saturated rings. The number of hydrogen-bond donors (Lipinski definition) is 0. The third kappa shape index (κ3) is 51.3. The summed E-state index contributed by atoms with van der Waals surface area (Å²) in [6.07, 6.45) is 49.6. The first-order chi connectivity index (χ1) is 27.7. The van der Waals surface area contributed by atoms with E-state index in [1.54, 1.807) is 13.8 Å². The van der Waals surface area contributed by atoms with Crippen molar-refractivity contribution in [3.63, 3.8) is 0 Å². The molecule has 0 saturated heterocycles. The largest absolute Gasteiger partial charge is 0.870 e. The zero-order valence-electron chi connectivity index (χ0n) is 42.7. The van der Waals surface area contributed by atoms with Crippen LogP contribution in [0.4, 0.5) is 0 Å². The molecule has 59 heavy (non-hydrogen) atoms. The molecule has 0 atom stereocenters. The van der Waals surface area contributed by atoms with Crippen molar-refractivity contribution in [2.45, 2.75) is 265 Å². The molecule has 0 aliphatic rings. The minimum absolute atomic E-state index is 0. The average molecular weight is 834 g/mol. The Kier molecular flexibility index (Phi) is 46.2. The minimum Gasteiger partial charge on any atom is -0.870 e. The van der Waals surface area contributed by atoms with Crippen LogP contribution in [0, 0.1) is 0 Å². The van der Waals surface area contributed by atoms with Crippen LogP contribution >= 0.6 is 0 Å². The van der Waals surface area contributed by atoms with Gasteiger partial charge in [0.2, 0.25) is 0 Å². The van der Waals surface area contributed by atoms with Gasteiger partial charge in [-0.15, -0.1) is 0 Å². The van der Waals surface area contributed by atoms with Gasteiger partial charge in [0.1, 0.15) is 0 Å². The van der Waals surface area contributed by atoms with E-state index in [9.17, 15) is 5.11 Å². The van der Waals surface area contributed by atoms with Crippen LogP contribution in [0.25, 0.3) is 0 Å². The Bertz CT molecular complexity index is 900. The Balaban J connectivity index is -0.000000791. The molecule has 0 spiro atoms. The van der Waals surface area contributed by atoms with Crippen molar-refractivity contribution in [3.8, 4) is 0 Å². The van der Waals surface area contributed by atoms with Crippen molar-refractivity contribution in [2.75, 3.05) is 55.4 Å². The Morgan fingerprint density at radius 1 is 0.373 bits per heavy atom. The van der Waals surface area contributed by atoms with Crippen LogP contribution in [0.15, 0.2) is 24.3 Å². The molecule has 354 valence electrons. The molecule has 1 rings (SSSR count). The van der Waals surface area contributed by atoms with Crippen LogP contribution in [0.3, 0.4) is 0 Å². The molecule has 0 saturated carbocycles. The first-order valence-electron chi connectivity index (χ1n) is 26.1. The van der Waals surface area contributed by atoms with Gasteiger partial charge in [0.15, 0.2) is 0 Å². The maximum atomic E-state index is 12.1. The molecule has 1 N–H and O–H groups in total. The quantitative estimate of drug-likeness (QED) is 0.0492. The van der Waals surface area contributed by atoms with Crippen LogP contribution < -0.4 is 5.11 Å². The molecule has 0 heterocycles. The average Bonchev–Trinajstić information content (AvgIpc) is 3.16. The van der Waals surface area contributed by atoms with Gasteiger partial charge in [0, 0.05) is 0 Å². The van der Waals surface area contributed by atoms with Crippen molar-refractivity contribution in [1.82, 2.24) is 0 Å². The lowest BCUT2D eigenvalue weighted by atomic mass is 9.90. The highest BCUT2D eigenvalue weighted by Crippen LogP contribution is 2.23. The highest BCUT2D eigenvalue weighted by molar-refractivity contribution is 5.31. The van der Waals surface area contributed by atoms with Crippen LogP contribution in [0.1, 0.15) is 264 Å². The zero-order chi connectivity index (χ0) is 43.6. The predicted octanol–water partition coefficient (Wildman–Crippen LogP) is 16.4. The third-order valence-corrected chi connectivity index (χ3v) is 11.8. The molecule has 0 unspecified atom stereocenters. The van der Waals surface area contributed by atoms with E-state index in [0.717, 1.165) is 21.0 Å². The normalized spacial score (nSPS) is 11.7. The van der Waals surface area contributed by atoms with Gasteiger partial charge in [0.25, 0.3) is 0 Å². The van der Waals surface area contributed by atoms with E-state index in [2.05, 4.69) is 69.1 Å². The molecule has 1 aromatic rings. The van der Waals surface area contributed by atoms with Crippen molar-refractivity contribution in [1.29, 1.82) is 0 Å². The molecule has 0 aliphatic heterocycles. The Hall–Kier alpha value is -0.940. The van der Waals surface area contributed by atoms with E-state index in [0.29, 0.717) is 0 Å². The molecule has 0 aliphatic carbocycles. The number of rotatable bonds is 38. The van der Waals surface area contributed by atoms with Gasteiger partial charge in [-0.05, 0) is 44.1 Å². The van der Waals surface area contributed by atoms with Crippen molar-refractivity contribution < 1.29 is 19.5 Å². The molecule has 0 aromatic heterocycles. The highest BCUT2D eigenvalue weighted by Gasteiger charge is 2.10. The summed E-state index contributed by atoms with van der Waals surface area (Å²) in [6.45, 7) is 13.0. The fraction of sp³-hybridized carbons (Fsp3) is 0.891. The maximum absolute atomic E-state index is 12.1. The van der Waals surface area contributed by atoms with E-state index >= 15 is 0 Å². The Labute approximate surface area is 374 Å². The first-order valence-corrected chi connectivity index (χ1v) is 26.1. The summed E-state index contributed by atoms with van der Waals surface area (Å²) in [6, 6.07) is 8.11. The Morgan fingerprint density at radius 2 is 0.610 bits per heavy atom. The molecular weight excluding hydrogens is 721 g/mol. The van der Waals surface area contributed by atoms with Crippen molar-refractivity contribution in [2.24, 2.45) is 0 Å². The third-order valence-electron chi connectivity index (χ3n) is 11.8. The molecule has 4 nitrogen and oxygen atoms in total. The van der Waals surface area contributed by atoms with Crippen LogP contribution in [-0.2, 0) is 12.0 Å². The smallest absolute Gasteiger partial charge is 0.0780 e. The topological polar surface area (TPSA) is 53.1 Å². The lowest BCUT2D eigenvalue weighted by molar-refractivity contribution is -0.870. The van der Waals surface area contributed by atoms with Gasteiger partial charge >= 0.3 is 0 Å². The number of quaternary nitrogens is 2. The summed E-state index contributed by atoms with van der Waals surface area (Å²) in [5.41, 5.74) is 1.24. The second-order valence-corrected chi connectivity index (χ2v) is 20.9. The van der Waals surface area contributed by atoms with Crippen LogP contribution in [0.2, 0.25) is 0 Å². The summed E-state index contributed by atoms with van der Waals surface area (Å²) in [7, 11) is 13.8. The summed E-state index contributed by atoms with van der Waals surface area (Å²) in [5.74, 6) is 0. The maximum Gasteiger partial charge on any atom is 0.0780 e. The van der Waals surface area contributed by atoms with E-state index in [4.69, 9.17) is 0 Å². The number of nitrogens with zero attached hydrogens (tertiary/aromatic N) is 2. The molecular formula is C55H112N2O2. The van der Waals surface area contributed by atoms with Crippen LogP contribution in [0.5, 0.6) is 0 Å². The molecule has 0 bridgehead atoms. The van der Waals surface area contributed by atoms with Gasteiger partial charge in [-0.25, -0.2) is 0 Å². The number of aryl methyl sites for hydroxylation is 1. The summed E-state index contributed by atoms with van der Waals surface area (Å²) >= 11 is 0. The fourth-order valence-electron chi connectivity index (χ4n) is 7.98. The molecule has 1 aromatic carbocycles. The second-order valence-electron chi connectivity index (χ2n) is 20.9. The molecule has 0 radical (unpaired) electrons. The standard InChI is InChI=1S/2C19H42N.C17H27O.H2O/c2*1-5-6-7-8-9-10-11-12-13-14-15-16-17-18-19-20(2,3)4;1-4-5-6-7-8-9-12-15-13-10-11-14-16(15)17(2,3)18;/h2*5-19H2,1-4H3;10-11,13-14H,4-9,12H2,1-3H3;1H2/q2*+1;-1;/p-1. The van der Waals surface area contributed by atoms with Crippen molar-refractivity contribution >= 4 is 0 Å². The Morgan fingerprint density at radius 3 is 0.864 bits per heavy atom. The summed E-state index contributed by atoms with van der Waals surface area (Å²) in [4.78, 5) is 0. The predicted molar refractivity (Wildman–Crippen MR) is 265 cm³/mol.